The number of benzene rings is 2. The van der Waals surface area contributed by atoms with Gasteiger partial charge in [-0.05, 0) is 31.2 Å². The standard InChI is InChI=1S/C20H16BrN3O4/c1-11(18(25)24-20(22)27)28-19(26)15-10-17(12-6-8-13(21)9-7-12)23-16-5-3-2-4-14(15)16/h2-11H,1H3,(H3,22,24,25,27)/t11-/m0/s1. The fraction of sp³-hybridized carbons (Fsp3) is 0.100. The number of rotatable bonds is 4. The number of amides is 3. The molecule has 1 atom stereocenters. The van der Waals surface area contributed by atoms with Crippen LogP contribution in [-0.2, 0) is 9.53 Å². The number of primary amides is 1. The number of nitrogens with two attached hydrogens (primary N) is 1. The monoisotopic (exact) mass is 441 g/mol. The summed E-state index contributed by atoms with van der Waals surface area (Å²) in [5, 5.41) is 2.48. The van der Waals surface area contributed by atoms with Crippen molar-refractivity contribution >= 4 is 44.7 Å². The van der Waals surface area contributed by atoms with Gasteiger partial charge in [-0.3, -0.25) is 10.1 Å². The van der Waals surface area contributed by atoms with Crippen LogP contribution in [0.3, 0.4) is 0 Å². The van der Waals surface area contributed by atoms with E-state index in [4.69, 9.17) is 10.5 Å². The van der Waals surface area contributed by atoms with Gasteiger partial charge in [0.1, 0.15) is 0 Å². The number of carbonyl (C=O) groups is 3. The largest absolute Gasteiger partial charge is 0.449 e. The van der Waals surface area contributed by atoms with Crippen molar-refractivity contribution in [2.24, 2.45) is 5.73 Å². The minimum atomic E-state index is -1.19. The highest BCUT2D eigenvalue weighted by Crippen LogP contribution is 2.26. The van der Waals surface area contributed by atoms with Gasteiger partial charge in [-0.1, -0.05) is 46.3 Å². The number of halogens is 1. The van der Waals surface area contributed by atoms with Gasteiger partial charge < -0.3 is 10.5 Å². The van der Waals surface area contributed by atoms with Crippen LogP contribution in [-0.4, -0.2) is 29.0 Å². The molecule has 28 heavy (non-hydrogen) atoms. The molecule has 2 aromatic carbocycles. The Morgan fingerprint density at radius 1 is 1.11 bits per heavy atom. The van der Waals surface area contributed by atoms with Crippen LogP contribution < -0.4 is 11.1 Å². The van der Waals surface area contributed by atoms with E-state index in [-0.39, 0.29) is 5.56 Å². The van der Waals surface area contributed by atoms with Crippen LogP contribution >= 0.6 is 15.9 Å². The van der Waals surface area contributed by atoms with E-state index in [0.29, 0.717) is 16.6 Å². The first-order chi connectivity index (χ1) is 13.3. The fourth-order valence-electron chi connectivity index (χ4n) is 2.61. The number of para-hydroxylation sites is 1. The van der Waals surface area contributed by atoms with Crippen LogP contribution in [0.5, 0.6) is 0 Å². The summed E-state index contributed by atoms with van der Waals surface area (Å²) >= 11 is 3.39. The third kappa shape index (κ3) is 4.34. The minimum absolute atomic E-state index is 0.266. The van der Waals surface area contributed by atoms with Crippen molar-refractivity contribution < 1.29 is 19.1 Å². The first-order valence-electron chi connectivity index (χ1n) is 8.32. The number of hydrogen-bond acceptors (Lipinski definition) is 5. The molecule has 8 heteroatoms. The summed E-state index contributed by atoms with van der Waals surface area (Å²) in [5.41, 5.74) is 7.21. The molecule has 0 saturated heterocycles. The number of ether oxygens (including phenoxy) is 1. The molecule has 0 aliphatic carbocycles. The Morgan fingerprint density at radius 3 is 2.46 bits per heavy atom. The van der Waals surface area contributed by atoms with Crippen molar-refractivity contribution in [2.75, 3.05) is 0 Å². The highest BCUT2D eigenvalue weighted by Gasteiger charge is 2.22. The molecule has 0 aliphatic heterocycles. The van der Waals surface area contributed by atoms with Gasteiger partial charge in [0, 0.05) is 15.4 Å². The number of nitrogens with zero attached hydrogens (tertiary/aromatic N) is 1. The predicted molar refractivity (Wildman–Crippen MR) is 107 cm³/mol. The Morgan fingerprint density at radius 2 is 1.79 bits per heavy atom. The number of urea groups is 1. The summed E-state index contributed by atoms with van der Waals surface area (Å²) < 4.78 is 6.15. The molecule has 0 saturated carbocycles. The quantitative estimate of drug-likeness (QED) is 0.602. The minimum Gasteiger partial charge on any atom is -0.449 e. The van der Waals surface area contributed by atoms with E-state index in [2.05, 4.69) is 20.9 Å². The van der Waals surface area contributed by atoms with Crippen molar-refractivity contribution in [3.05, 3.63) is 64.6 Å². The molecule has 3 aromatic rings. The molecule has 7 nitrogen and oxygen atoms in total. The number of hydrogen-bond donors (Lipinski definition) is 2. The smallest absolute Gasteiger partial charge is 0.339 e. The van der Waals surface area contributed by atoms with Crippen LogP contribution in [0.1, 0.15) is 17.3 Å². The molecule has 0 aliphatic rings. The Hall–Kier alpha value is -3.26. The fourth-order valence-corrected chi connectivity index (χ4v) is 2.88. The number of esters is 1. The molecule has 0 bridgehead atoms. The van der Waals surface area contributed by atoms with Gasteiger partial charge in [0.15, 0.2) is 6.10 Å². The molecule has 1 aromatic heterocycles. The Labute approximate surface area is 169 Å². The molecule has 3 rings (SSSR count). The van der Waals surface area contributed by atoms with Gasteiger partial charge >= 0.3 is 12.0 Å². The zero-order chi connectivity index (χ0) is 20.3. The molecule has 3 amide bonds. The third-order valence-corrected chi connectivity index (χ3v) is 4.50. The first kappa shape index (κ1) is 19.5. The Kier molecular flexibility index (Phi) is 5.70. The lowest BCUT2D eigenvalue weighted by molar-refractivity contribution is -0.127. The summed E-state index contributed by atoms with van der Waals surface area (Å²) in [5.74, 6) is -1.50. The third-order valence-electron chi connectivity index (χ3n) is 3.98. The van der Waals surface area contributed by atoms with Gasteiger partial charge in [-0.25, -0.2) is 14.6 Å². The maximum Gasteiger partial charge on any atom is 0.339 e. The van der Waals surface area contributed by atoms with Crippen LogP contribution in [0.15, 0.2) is 59.1 Å². The number of aromatic nitrogens is 1. The second-order valence-electron chi connectivity index (χ2n) is 5.98. The maximum absolute atomic E-state index is 12.7. The molecule has 0 unspecified atom stereocenters. The summed E-state index contributed by atoms with van der Waals surface area (Å²) in [6, 6.07) is 15.2. The molecular weight excluding hydrogens is 426 g/mol. The van der Waals surface area contributed by atoms with Crippen molar-refractivity contribution in [1.29, 1.82) is 0 Å². The van der Waals surface area contributed by atoms with Crippen molar-refractivity contribution in [1.82, 2.24) is 10.3 Å². The zero-order valence-electron chi connectivity index (χ0n) is 14.8. The highest BCUT2D eigenvalue weighted by molar-refractivity contribution is 9.10. The zero-order valence-corrected chi connectivity index (χ0v) is 16.4. The number of pyridine rings is 1. The maximum atomic E-state index is 12.7. The van der Waals surface area contributed by atoms with Crippen LogP contribution in [0.25, 0.3) is 22.2 Å². The number of imide groups is 1. The summed E-state index contributed by atoms with van der Waals surface area (Å²) in [6.45, 7) is 1.36. The molecule has 0 fully saturated rings. The van der Waals surface area contributed by atoms with Gasteiger partial charge in [0.2, 0.25) is 0 Å². The van der Waals surface area contributed by atoms with Gasteiger partial charge in [0.25, 0.3) is 5.91 Å². The highest BCUT2D eigenvalue weighted by atomic mass is 79.9. The van der Waals surface area contributed by atoms with E-state index in [1.807, 2.05) is 35.6 Å². The molecule has 142 valence electrons. The second kappa shape index (κ2) is 8.18. The van der Waals surface area contributed by atoms with E-state index < -0.39 is 24.0 Å². The van der Waals surface area contributed by atoms with Crippen LogP contribution in [0.2, 0.25) is 0 Å². The molecule has 0 radical (unpaired) electrons. The molecule has 0 spiro atoms. The average Bonchev–Trinajstić information content (AvgIpc) is 2.67. The topological polar surface area (TPSA) is 111 Å². The molecular formula is C20H16BrN3O4. The first-order valence-corrected chi connectivity index (χ1v) is 9.11. The van der Waals surface area contributed by atoms with Gasteiger partial charge in [0.05, 0.1) is 16.8 Å². The van der Waals surface area contributed by atoms with E-state index >= 15 is 0 Å². The lowest BCUT2D eigenvalue weighted by atomic mass is 10.0. The number of nitrogens with one attached hydrogen (secondary N) is 1. The lowest BCUT2D eigenvalue weighted by Crippen LogP contribution is -2.42. The normalized spacial score (nSPS) is 11.6. The van der Waals surface area contributed by atoms with Crippen molar-refractivity contribution in [3.63, 3.8) is 0 Å². The summed E-state index contributed by atoms with van der Waals surface area (Å²) in [6.07, 6.45) is -1.19. The van der Waals surface area contributed by atoms with Crippen LogP contribution in [0, 0.1) is 0 Å². The van der Waals surface area contributed by atoms with E-state index in [0.717, 1.165) is 10.0 Å². The van der Waals surface area contributed by atoms with Crippen LogP contribution in [0.4, 0.5) is 4.79 Å². The SMILES string of the molecule is C[C@H](OC(=O)c1cc(-c2ccc(Br)cc2)nc2ccccc12)C(=O)NC(N)=O. The molecule has 3 N–H and O–H groups in total. The van der Waals surface area contributed by atoms with Crippen molar-refractivity contribution in [2.45, 2.75) is 13.0 Å². The number of carbonyl (C=O) groups excluding carboxylic acids is 3. The Bertz CT molecular complexity index is 1070. The van der Waals surface area contributed by atoms with Crippen molar-refractivity contribution in [3.8, 4) is 11.3 Å². The van der Waals surface area contributed by atoms with Gasteiger partial charge in [-0.15, -0.1) is 0 Å². The Balaban J connectivity index is 1.99. The lowest BCUT2D eigenvalue weighted by Gasteiger charge is -2.14. The van der Waals surface area contributed by atoms with Gasteiger partial charge in [-0.2, -0.15) is 0 Å². The average molecular weight is 442 g/mol. The number of fused-ring (bicyclic) bond motifs is 1. The van der Waals surface area contributed by atoms with E-state index in [1.54, 1.807) is 24.3 Å². The molecule has 1 heterocycles. The summed E-state index contributed by atoms with van der Waals surface area (Å²) in [7, 11) is 0. The van der Waals surface area contributed by atoms with E-state index in [9.17, 15) is 14.4 Å². The van der Waals surface area contributed by atoms with E-state index in [1.165, 1.54) is 6.92 Å². The second-order valence-corrected chi connectivity index (χ2v) is 6.90. The predicted octanol–water partition coefficient (Wildman–Crippen LogP) is 3.40. The summed E-state index contributed by atoms with van der Waals surface area (Å²) in [4.78, 5) is 40.0.